The van der Waals surface area contributed by atoms with Crippen molar-refractivity contribution in [1.82, 2.24) is 4.57 Å². The zero-order valence-electron chi connectivity index (χ0n) is 10.7. The molecule has 0 fully saturated rings. The quantitative estimate of drug-likeness (QED) is 0.564. The smallest absolute Gasteiger partial charge is 0.208 e. The van der Waals surface area contributed by atoms with Crippen molar-refractivity contribution in [1.29, 1.82) is 0 Å². The SMILES string of the molecule is Cc1ccc(Cn2c(=NN)sc3ccccc32)cc1. The summed E-state index contributed by atoms with van der Waals surface area (Å²) in [4.78, 5) is 0.849. The van der Waals surface area contributed by atoms with Crippen LogP contribution in [0, 0.1) is 6.92 Å². The minimum absolute atomic E-state index is 0.792. The second-order valence-corrected chi connectivity index (χ2v) is 5.56. The Morgan fingerprint density at radius 2 is 1.84 bits per heavy atom. The van der Waals surface area contributed by atoms with Crippen LogP contribution in [-0.2, 0) is 6.54 Å². The fraction of sp³-hybridized carbons (Fsp3) is 0.133. The van der Waals surface area contributed by atoms with Crippen LogP contribution >= 0.6 is 11.3 Å². The number of nitrogens with zero attached hydrogens (tertiary/aromatic N) is 2. The third kappa shape index (κ3) is 2.27. The Morgan fingerprint density at radius 1 is 1.11 bits per heavy atom. The number of hydrogen-bond donors (Lipinski definition) is 1. The van der Waals surface area contributed by atoms with Gasteiger partial charge in [-0.3, -0.25) is 0 Å². The molecule has 0 aliphatic carbocycles. The molecule has 0 bridgehead atoms. The number of aromatic nitrogens is 1. The average molecular weight is 269 g/mol. The van der Waals surface area contributed by atoms with Crippen molar-refractivity contribution in [2.45, 2.75) is 13.5 Å². The molecular weight excluding hydrogens is 254 g/mol. The average Bonchev–Trinajstić information content (AvgIpc) is 2.79. The molecule has 2 aromatic carbocycles. The molecule has 1 heterocycles. The van der Waals surface area contributed by atoms with E-state index >= 15 is 0 Å². The van der Waals surface area contributed by atoms with Gasteiger partial charge in [0.2, 0.25) is 4.80 Å². The number of rotatable bonds is 2. The molecule has 1 aromatic heterocycles. The largest absolute Gasteiger partial charge is 0.320 e. The summed E-state index contributed by atoms with van der Waals surface area (Å²) >= 11 is 1.62. The van der Waals surface area contributed by atoms with Crippen LogP contribution in [0.25, 0.3) is 10.2 Å². The molecule has 0 unspecified atom stereocenters. The molecule has 3 nitrogen and oxygen atoms in total. The van der Waals surface area contributed by atoms with Gasteiger partial charge in [-0.2, -0.15) is 5.10 Å². The minimum atomic E-state index is 0.792. The number of benzene rings is 2. The van der Waals surface area contributed by atoms with Gasteiger partial charge in [-0.15, -0.1) is 0 Å². The topological polar surface area (TPSA) is 43.3 Å². The number of fused-ring (bicyclic) bond motifs is 1. The predicted octanol–water partition coefficient (Wildman–Crippen LogP) is 2.83. The molecule has 0 amide bonds. The van der Waals surface area contributed by atoms with Crippen LogP contribution in [0.1, 0.15) is 11.1 Å². The first-order valence-corrected chi connectivity index (χ1v) is 6.97. The molecule has 0 aliphatic heterocycles. The summed E-state index contributed by atoms with van der Waals surface area (Å²) < 4.78 is 3.36. The van der Waals surface area contributed by atoms with E-state index in [1.54, 1.807) is 11.3 Å². The summed E-state index contributed by atoms with van der Waals surface area (Å²) in [6.45, 7) is 2.89. The molecule has 96 valence electrons. The van der Waals surface area contributed by atoms with E-state index in [1.807, 2.05) is 12.1 Å². The van der Waals surface area contributed by atoms with Crippen LogP contribution in [0.3, 0.4) is 0 Å². The van der Waals surface area contributed by atoms with Gasteiger partial charge in [0, 0.05) is 0 Å². The Bertz CT molecular complexity index is 766. The molecule has 19 heavy (non-hydrogen) atoms. The van der Waals surface area contributed by atoms with Crippen molar-refractivity contribution < 1.29 is 0 Å². The van der Waals surface area contributed by atoms with E-state index in [-0.39, 0.29) is 0 Å². The zero-order valence-corrected chi connectivity index (χ0v) is 11.5. The molecule has 0 aliphatic rings. The molecule has 0 spiro atoms. The molecule has 0 saturated carbocycles. The van der Waals surface area contributed by atoms with E-state index in [1.165, 1.54) is 21.3 Å². The Morgan fingerprint density at radius 3 is 2.58 bits per heavy atom. The van der Waals surface area contributed by atoms with E-state index in [0.717, 1.165) is 11.3 Å². The van der Waals surface area contributed by atoms with Gasteiger partial charge in [0.1, 0.15) is 0 Å². The lowest BCUT2D eigenvalue weighted by Crippen LogP contribution is -2.17. The summed E-state index contributed by atoms with van der Waals surface area (Å²) in [7, 11) is 0. The van der Waals surface area contributed by atoms with E-state index in [4.69, 9.17) is 5.84 Å². The van der Waals surface area contributed by atoms with Crippen molar-refractivity contribution in [2.75, 3.05) is 0 Å². The maximum absolute atomic E-state index is 5.51. The van der Waals surface area contributed by atoms with Crippen molar-refractivity contribution in [3.05, 3.63) is 64.5 Å². The van der Waals surface area contributed by atoms with Gasteiger partial charge < -0.3 is 10.4 Å². The zero-order chi connectivity index (χ0) is 13.2. The molecule has 0 radical (unpaired) electrons. The van der Waals surface area contributed by atoms with Gasteiger partial charge in [0.15, 0.2) is 0 Å². The number of thiazole rings is 1. The monoisotopic (exact) mass is 269 g/mol. The van der Waals surface area contributed by atoms with E-state index in [9.17, 15) is 0 Å². The number of aryl methyl sites for hydroxylation is 1. The van der Waals surface area contributed by atoms with Gasteiger partial charge in [-0.25, -0.2) is 0 Å². The first kappa shape index (κ1) is 12.0. The van der Waals surface area contributed by atoms with Gasteiger partial charge >= 0.3 is 0 Å². The highest BCUT2D eigenvalue weighted by atomic mass is 32.1. The molecule has 4 heteroatoms. The summed E-state index contributed by atoms with van der Waals surface area (Å²) in [5, 5.41) is 3.90. The standard InChI is InChI=1S/C15H15N3S/c1-11-6-8-12(9-7-11)10-18-13-4-2-3-5-14(13)19-15(18)17-16/h2-9H,10,16H2,1H3. The Kier molecular flexibility index (Phi) is 3.09. The summed E-state index contributed by atoms with van der Waals surface area (Å²) in [6.07, 6.45) is 0. The van der Waals surface area contributed by atoms with Crippen molar-refractivity contribution in [2.24, 2.45) is 10.9 Å². The van der Waals surface area contributed by atoms with Crippen molar-refractivity contribution in [3.63, 3.8) is 0 Å². The van der Waals surface area contributed by atoms with Crippen LogP contribution < -0.4 is 10.6 Å². The summed E-state index contributed by atoms with van der Waals surface area (Å²) in [5.41, 5.74) is 3.70. The summed E-state index contributed by atoms with van der Waals surface area (Å²) in [6, 6.07) is 16.8. The van der Waals surface area contributed by atoms with Gasteiger partial charge in [0.05, 0.1) is 16.8 Å². The third-order valence-corrected chi connectivity index (χ3v) is 4.23. The molecule has 0 atom stereocenters. The lowest BCUT2D eigenvalue weighted by atomic mass is 10.1. The maximum Gasteiger partial charge on any atom is 0.208 e. The second kappa shape index (κ2) is 4.90. The van der Waals surface area contributed by atoms with Crippen LogP contribution in [0.5, 0.6) is 0 Å². The molecular formula is C15H15N3S. The van der Waals surface area contributed by atoms with Crippen LogP contribution in [0.15, 0.2) is 53.6 Å². The van der Waals surface area contributed by atoms with Gasteiger partial charge in [0.25, 0.3) is 0 Å². The maximum atomic E-state index is 5.51. The van der Waals surface area contributed by atoms with Gasteiger partial charge in [-0.1, -0.05) is 53.3 Å². The highest BCUT2D eigenvalue weighted by Crippen LogP contribution is 2.17. The van der Waals surface area contributed by atoms with Crippen LogP contribution in [0.2, 0.25) is 0 Å². The first-order chi connectivity index (χ1) is 9.28. The van der Waals surface area contributed by atoms with Crippen molar-refractivity contribution >= 4 is 21.6 Å². The molecule has 3 rings (SSSR count). The normalized spacial score (nSPS) is 12.2. The Hall–Kier alpha value is -2.07. The highest BCUT2D eigenvalue weighted by molar-refractivity contribution is 7.16. The minimum Gasteiger partial charge on any atom is -0.320 e. The fourth-order valence-electron chi connectivity index (χ4n) is 2.15. The van der Waals surface area contributed by atoms with Gasteiger partial charge in [-0.05, 0) is 24.6 Å². The third-order valence-electron chi connectivity index (χ3n) is 3.16. The molecule has 0 saturated heterocycles. The highest BCUT2D eigenvalue weighted by Gasteiger charge is 2.05. The lowest BCUT2D eigenvalue weighted by Gasteiger charge is -2.05. The molecule has 2 N–H and O–H groups in total. The van der Waals surface area contributed by atoms with E-state index in [2.05, 4.69) is 53.0 Å². The first-order valence-electron chi connectivity index (χ1n) is 6.16. The lowest BCUT2D eigenvalue weighted by molar-refractivity contribution is 0.788. The number of nitrogens with two attached hydrogens (primary N) is 1. The number of para-hydroxylation sites is 1. The van der Waals surface area contributed by atoms with E-state index in [0.29, 0.717) is 0 Å². The molecule has 3 aromatic rings. The second-order valence-electron chi connectivity index (χ2n) is 4.55. The van der Waals surface area contributed by atoms with Crippen LogP contribution in [0.4, 0.5) is 0 Å². The number of hydrogen-bond acceptors (Lipinski definition) is 3. The van der Waals surface area contributed by atoms with Crippen molar-refractivity contribution in [3.8, 4) is 0 Å². The Balaban J connectivity index is 2.11. The predicted molar refractivity (Wildman–Crippen MR) is 79.8 cm³/mol. The van der Waals surface area contributed by atoms with E-state index < -0.39 is 0 Å². The summed E-state index contributed by atoms with van der Waals surface area (Å²) in [5.74, 6) is 5.51. The fourth-order valence-corrected chi connectivity index (χ4v) is 3.10. The van der Waals surface area contributed by atoms with Crippen LogP contribution in [-0.4, -0.2) is 4.57 Å². The Labute approximate surface area is 115 Å².